The predicted octanol–water partition coefficient (Wildman–Crippen LogP) is 5.46. The third-order valence-electron chi connectivity index (χ3n) is 3.89. The van der Waals surface area contributed by atoms with E-state index in [1.807, 2.05) is 30.3 Å². The Kier molecular flexibility index (Phi) is 6.03. The minimum absolute atomic E-state index is 0.166. The summed E-state index contributed by atoms with van der Waals surface area (Å²) in [7, 11) is 0. The van der Waals surface area contributed by atoms with Crippen molar-refractivity contribution in [2.45, 2.75) is 44.9 Å². The van der Waals surface area contributed by atoms with E-state index in [0.717, 1.165) is 17.5 Å². The van der Waals surface area contributed by atoms with E-state index < -0.39 is 0 Å². The summed E-state index contributed by atoms with van der Waals surface area (Å²) in [6.07, 6.45) is 6.31. The normalized spacial score (nSPS) is 11.8. The number of unbranched alkanes of at least 4 members (excludes halogenated alkanes) is 3. The number of nitriles is 1. The summed E-state index contributed by atoms with van der Waals surface area (Å²) in [6, 6.07) is 21.0. The topological polar surface area (TPSA) is 23.8 Å². The number of benzene rings is 2. The molecule has 0 spiro atoms. The summed E-state index contributed by atoms with van der Waals surface area (Å²) in [5.74, 6) is -0.166. The van der Waals surface area contributed by atoms with Crippen LogP contribution in [0.4, 0.5) is 0 Å². The van der Waals surface area contributed by atoms with Crippen molar-refractivity contribution in [1.82, 2.24) is 0 Å². The lowest BCUT2D eigenvalue weighted by atomic mass is 9.91. The molecule has 0 N–H and O–H groups in total. The summed E-state index contributed by atoms with van der Waals surface area (Å²) >= 11 is 0. The molecule has 2 aromatic carbocycles. The van der Waals surface area contributed by atoms with Gasteiger partial charge in [-0.05, 0) is 29.5 Å². The van der Waals surface area contributed by atoms with Crippen molar-refractivity contribution in [1.29, 1.82) is 5.26 Å². The number of aryl methyl sites for hydroxylation is 1. The molecule has 1 unspecified atom stereocenters. The molecule has 0 fully saturated rings. The van der Waals surface area contributed by atoms with Crippen LogP contribution in [0.1, 0.15) is 55.2 Å². The van der Waals surface area contributed by atoms with Gasteiger partial charge in [0.05, 0.1) is 12.0 Å². The van der Waals surface area contributed by atoms with Crippen LogP contribution in [0, 0.1) is 11.3 Å². The first-order chi connectivity index (χ1) is 10.3. The van der Waals surface area contributed by atoms with Gasteiger partial charge in [-0.2, -0.15) is 5.26 Å². The molecule has 0 aliphatic heterocycles. The first-order valence-electron chi connectivity index (χ1n) is 7.88. The molecular weight excluding hydrogens is 254 g/mol. The zero-order valence-corrected chi connectivity index (χ0v) is 12.8. The first-order valence-corrected chi connectivity index (χ1v) is 7.88. The number of hydrogen-bond acceptors (Lipinski definition) is 1. The fourth-order valence-corrected chi connectivity index (χ4v) is 2.62. The second kappa shape index (κ2) is 8.27. The van der Waals surface area contributed by atoms with E-state index in [1.165, 1.54) is 31.2 Å². The quantitative estimate of drug-likeness (QED) is 0.616. The highest BCUT2D eigenvalue weighted by Gasteiger charge is 2.12. The minimum Gasteiger partial charge on any atom is -0.197 e. The summed E-state index contributed by atoms with van der Waals surface area (Å²) in [5.41, 5.74) is 3.52. The van der Waals surface area contributed by atoms with Crippen molar-refractivity contribution in [3.63, 3.8) is 0 Å². The molecule has 108 valence electrons. The molecular formula is C20H23N. The fraction of sp³-hybridized carbons (Fsp3) is 0.350. The zero-order valence-electron chi connectivity index (χ0n) is 12.8. The maximum absolute atomic E-state index is 9.45. The van der Waals surface area contributed by atoms with Gasteiger partial charge < -0.3 is 0 Å². The minimum atomic E-state index is -0.166. The monoisotopic (exact) mass is 277 g/mol. The van der Waals surface area contributed by atoms with Crippen LogP contribution in [0.2, 0.25) is 0 Å². The Hall–Kier alpha value is -2.07. The average Bonchev–Trinajstić information content (AvgIpc) is 2.55. The first kappa shape index (κ1) is 15.3. The number of nitrogens with zero attached hydrogens (tertiary/aromatic N) is 1. The second-order valence-corrected chi connectivity index (χ2v) is 5.53. The van der Waals surface area contributed by atoms with Gasteiger partial charge in [0.15, 0.2) is 0 Å². The molecule has 0 saturated heterocycles. The standard InChI is InChI=1S/C20H23N/c1-2-3-4-6-9-17-12-14-19(15-13-17)20(16-21)18-10-7-5-8-11-18/h5,7-8,10-15,20H,2-4,6,9H2,1H3. The molecule has 0 radical (unpaired) electrons. The van der Waals surface area contributed by atoms with Gasteiger partial charge >= 0.3 is 0 Å². The lowest BCUT2D eigenvalue weighted by Crippen LogP contribution is -1.98. The molecule has 21 heavy (non-hydrogen) atoms. The highest BCUT2D eigenvalue weighted by Crippen LogP contribution is 2.24. The van der Waals surface area contributed by atoms with Gasteiger partial charge in [-0.25, -0.2) is 0 Å². The predicted molar refractivity (Wildman–Crippen MR) is 88.2 cm³/mol. The lowest BCUT2D eigenvalue weighted by molar-refractivity contribution is 0.667. The second-order valence-electron chi connectivity index (χ2n) is 5.53. The fourth-order valence-electron chi connectivity index (χ4n) is 2.62. The van der Waals surface area contributed by atoms with Gasteiger partial charge in [-0.3, -0.25) is 0 Å². The van der Waals surface area contributed by atoms with Crippen LogP contribution in [-0.2, 0) is 6.42 Å². The third kappa shape index (κ3) is 4.46. The van der Waals surface area contributed by atoms with Gasteiger partial charge in [0, 0.05) is 0 Å². The van der Waals surface area contributed by atoms with E-state index in [2.05, 4.69) is 37.3 Å². The number of rotatable bonds is 7. The van der Waals surface area contributed by atoms with Crippen molar-refractivity contribution in [2.75, 3.05) is 0 Å². The highest BCUT2D eigenvalue weighted by molar-refractivity contribution is 5.38. The molecule has 0 bridgehead atoms. The van der Waals surface area contributed by atoms with Crippen LogP contribution in [0.5, 0.6) is 0 Å². The molecule has 0 saturated carbocycles. The van der Waals surface area contributed by atoms with E-state index in [9.17, 15) is 5.26 Å². The Morgan fingerprint density at radius 3 is 2.14 bits per heavy atom. The summed E-state index contributed by atoms with van der Waals surface area (Å²) in [5, 5.41) is 9.45. The smallest absolute Gasteiger partial charge is 0.0962 e. The molecule has 1 nitrogen and oxygen atoms in total. The third-order valence-corrected chi connectivity index (χ3v) is 3.89. The van der Waals surface area contributed by atoms with Gasteiger partial charge in [0.2, 0.25) is 0 Å². The van der Waals surface area contributed by atoms with Gasteiger partial charge in [-0.15, -0.1) is 0 Å². The van der Waals surface area contributed by atoms with E-state index in [-0.39, 0.29) is 5.92 Å². The van der Waals surface area contributed by atoms with Crippen LogP contribution in [0.25, 0.3) is 0 Å². The Labute approximate surface area is 128 Å². The zero-order chi connectivity index (χ0) is 14.9. The Balaban J connectivity index is 2.02. The van der Waals surface area contributed by atoms with Crippen molar-refractivity contribution in [3.05, 3.63) is 71.3 Å². The van der Waals surface area contributed by atoms with Crippen molar-refractivity contribution in [2.24, 2.45) is 0 Å². The largest absolute Gasteiger partial charge is 0.197 e. The molecule has 2 rings (SSSR count). The van der Waals surface area contributed by atoms with Gasteiger partial charge in [0.1, 0.15) is 0 Å². The molecule has 0 heterocycles. The summed E-state index contributed by atoms with van der Waals surface area (Å²) < 4.78 is 0. The van der Waals surface area contributed by atoms with Crippen molar-refractivity contribution >= 4 is 0 Å². The molecule has 1 atom stereocenters. The van der Waals surface area contributed by atoms with Crippen LogP contribution in [0.15, 0.2) is 54.6 Å². The average molecular weight is 277 g/mol. The molecule has 1 heteroatoms. The number of hydrogen-bond donors (Lipinski definition) is 0. The Morgan fingerprint density at radius 1 is 0.857 bits per heavy atom. The molecule has 2 aromatic rings. The maximum atomic E-state index is 9.45. The van der Waals surface area contributed by atoms with Crippen LogP contribution in [0.3, 0.4) is 0 Å². The summed E-state index contributed by atoms with van der Waals surface area (Å²) in [4.78, 5) is 0. The SMILES string of the molecule is CCCCCCc1ccc(C(C#N)c2ccccc2)cc1. The van der Waals surface area contributed by atoms with E-state index in [0.29, 0.717) is 0 Å². The highest BCUT2D eigenvalue weighted by atomic mass is 14.3. The molecule has 0 amide bonds. The van der Waals surface area contributed by atoms with Gasteiger partial charge in [-0.1, -0.05) is 80.8 Å². The van der Waals surface area contributed by atoms with Crippen LogP contribution < -0.4 is 0 Å². The molecule has 0 aromatic heterocycles. The van der Waals surface area contributed by atoms with Crippen LogP contribution >= 0.6 is 0 Å². The van der Waals surface area contributed by atoms with Crippen molar-refractivity contribution in [3.8, 4) is 6.07 Å². The summed E-state index contributed by atoms with van der Waals surface area (Å²) in [6.45, 7) is 2.24. The maximum Gasteiger partial charge on any atom is 0.0962 e. The molecule has 0 aliphatic rings. The van der Waals surface area contributed by atoms with Crippen molar-refractivity contribution < 1.29 is 0 Å². The van der Waals surface area contributed by atoms with E-state index in [1.54, 1.807) is 0 Å². The Bertz CT molecular complexity index is 563. The lowest BCUT2D eigenvalue weighted by Gasteiger charge is -2.10. The Morgan fingerprint density at radius 2 is 1.52 bits per heavy atom. The molecule has 0 aliphatic carbocycles. The van der Waals surface area contributed by atoms with Crippen LogP contribution in [-0.4, -0.2) is 0 Å². The van der Waals surface area contributed by atoms with E-state index >= 15 is 0 Å². The van der Waals surface area contributed by atoms with Gasteiger partial charge in [0.25, 0.3) is 0 Å². The van der Waals surface area contributed by atoms with E-state index in [4.69, 9.17) is 0 Å².